The first-order valence-corrected chi connectivity index (χ1v) is 9.14. The summed E-state index contributed by atoms with van der Waals surface area (Å²) in [6.07, 6.45) is -0.401. The first kappa shape index (κ1) is 16.2. The molecule has 0 saturated carbocycles. The van der Waals surface area contributed by atoms with Crippen molar-refractivity contribution in [1.82, 2.24) is 15.1 Å². The number of para-hydroxylation sites is 1. The number of amides is 1. The number of rotatable bonds is 2. The van der Waals surface area contributed by atoms with Gasteiger partial charge >= 0.3 is 0 Å². The lowest BCUT2D eigenvalue weighted by Crippen LogP contribution is -2.38. The Labute approximate surface area is 154 Å². The number of nitrogens with one attached hydrogen (secondary N) is 2. The van der Waals surface area contributed by atoms with Crippen LogP contribution < -0.4 is 10.6 Å². The summed E-state index contributed by atoms with van der Waals surface area (Å²) < 4.78 is 1.69. The minimum absolute atomic E-state index is 0.0801. The summed E-state index contributed by atoms with van der Waals surface area (Å²) in [5.41, 5.74) is 4.19. The Morgan fingerprint density at radius 1 is 1.16 bits per heavy atom. The van der Waals surface area contributed by atoms with Crippen molar-refractivity contribution in [2.45, 2.75) is 26.9 Å². The van der Waals surface area contributed by atoms with Crippen molar-refractivity contribution in [3.63, 3.8) is 0 Å². The number of thiophene rings is 1. The third kappa shape index (κ3) is 2.53. The molecule has 3 aromatic rings. The van der Waals surface area contributed by atoms with Gasteiger partial charge in [0.1, 0.15) is 16.3 Å². The second kappa shape index (κ2) is 5.89. The summed E-state index contributed by atoms with van der Waals surface area (Å²) in [6, 6.07) is 9.71. The Morgan fingerprint density at radius 3 is 2.60 bits per heavy atom. The fraction of sp³-hybridized carbons (Fsp3) is 0.222. The maximum Gasteiger partial charge on any atom is 0.256 e. The maximum atomic E-state index is 12.6. The van der Waals surface area contributed by atoms with Crippen LogP contribution in [-0.4, -0.2) is 15.7 Å². The molecule has 0 radical (unpaired) electrons. The van der Waals surface area contributed by atoms with Crippen LogP contribution in [0.4, 0.5) is 5.00 Å². The van der Waals surface area contributed by atoms with Crippen molar-refractivity contribution in [3.8, 4) is 5.69 Å². The van der Waals surface area contributed by atoms with Crippen LogP contribution in [0.1, 0.15) is 38.2 Å². The first-order chi connectivity index (χ1) is 12.0. The van der Waals surface area contributed by atoms with E-state index in [4.69, 9.17) is 11.6 Å². The number of aryl methyl sites for hydroxylation is 2. The normalized spacial score (nSPS) is 16.3. The van der Waals surface area contributed by atoms with E-state index in [1.165, 1.54) is 0 Å². The first-order valence-electron chi connectivity index (χ1n) is 7.95. The van der Waals surface area contributed by atoms with Crippen LogP contribution in [-0.2, 0) is 0 Å². The molecule has 1 aliphatic rings. The second-order valence-electron chi connectivity index (χ2n) is 6.08. The number of benzene rings is 1. The highest BCUT2D eigenvalue weighted by atomic mass is 35.5. The summed E-state index contributed by atoms with van der Waals surface area (Å²) in [5, 5.41) is 12.3. The van der Waals surface area contributed by atoms with Crippen molar-refractivity contribution in [1.29, 1.82) is 0 Å². The Hall–Kier alpha value is -2.31. The highest BCUT2D eigenvalue weighted by Crippen LogP contribution is 2.39. The zero-order valence-electron chi connectivity index (χ0n) is 14.1. The van der Waals surface area contributed by atoms with Gasteiger partial charge < -0.3 is 10.6 Å². The zero-order chi connectivity index (χ0) is 17.7. The minimum atomic E-state index is -0.401. The highest BCUT2D eigenvalue weighted by Gasteiger charge is 2.32. The van der Waals surface area contributed by atoms with Crippen molar-refractivity contribution < 1.29 is 4.79 Å². The van der Waals surface area contributed by atoms with Gasteiger partial charge in [0, 0.05) is 4.88 Å². The van der Waals surface area contributed by atoms with Crippen LogP contribution in [0, 0.1) is 20.8 Å². The van der Waals surface area contributed by atoms with Crippen LogP contribution >= 0.6 is 22.9 Å². The summed E-state index contributed by atoms with van der Waals surface area (Å²) in [5.74, 6) is -0.0801. The standard InChI is InChI=1S/C18H17ClN4OS/c1-9-11(3)25-18-13(9)17(24)20-16(21-18)14-10(2)22-23(15(14)19)12-7-5-4-6-8-12/h4-8,16,21H,1-3H3,(H,20,24)/t16-/m1/s1. The van der Waals surface area contributed by atoms with E-state index >= 15 is 0 Å². The number of hydrogen-bond donors (Lipinski definition) is 2. The topological polar surface area (TPSA) is 59.0 Å². The lowest BCUT2D eigenvalue weighted by atomic mass is 10.1. The molecule has 0 aliphatic carbocycles. The largest absolute Gasteiger partial charge is 0.352 e. The minimum Gasteiger partial charge on any atom is -0.352 e. The van der Waals surface area contributed by atoms with Gasteiger partial charge in [0.25, 0.3) is 5.91 Å². The van der Waals surface area contributed by atoms with E-state index in [0.29, 0.717) is 5.15 Å². The molecule has 0 spiro atoms. The molecule has 5 nitrogen and oxygen atoms in total. The molecule has 0 fully saturated rings. The molecule has 0 saturated heterocycles. The molecule has 1 amide bonds. The zero-order valence-corrected chi connectivity index (χ0v) is 15.6. The molecule has 128 valence electrons. The monoisotopic (exact) mass is 372 g/mol. The van der Waals surface area contributed by atoms with E-state index in [2.05, 4.69) is 15.7 Å². The molecule has 2 aromatic heterocycles. The smallest absolute Gasteiger partial charge is 0.256 e. The molecule has 25 heavy (non-hydrogen) atoms. The van der Waals surface area contributed by atoms with Gasteiger partial charge in [0.05, 0.1) is 22.5 Å². The SMILES string of the molecule is Cc1nn(-c2ccccc2)c(Cl)c1[C@@H]1NC(=O)c2c(sc(C)c2C)N1. The van der Waals surface area contributed by atoms with Crippen LogP contribution in [0.15, 0.2) is 30.3 Å². The Bertz CT molecular complexity index is 977. The summed E-state index contributed by atoms with van der Waals surface area (Å²) in [7, 11) is 0. The van der Waals surface area contributed by atoms with Crippen LogP contribution in [0.5, 0.6) is 0 Å². The molecular formula is C18H17ClN4OS. The number of anilines is 1. The van der Waals surface area contributed by atoms with E-state index in [0.717, 1.165) is 37.9 Å². The van der Waals surface area contributed by atoms with Crippen molar-refractivity contribution >= 4 is 33.8 Å². The fourth-order valence-electron chi connectivity index (χ4n) is 3.10. The summed E-state index contributed by atoms with van der Waals surface area (Å²) >= 11 is 8.21. The number of nitrogens with zero attached hydrogens (tertiary/aromatic N) is 2. The number of hydrogen-bond acceptors (Lipinski definition) is 4. The average Bonchev–Trinajstić information content (AvgIpc) is 3.04. The number of aromatic nitrogens is 2. The molecule has 2 N–H and O–H groups in total. The van der Waals surface area contributed by atoms with Gasteiger partial charge in [-0.2, -0.15) is 5.10 Å². The Morgan fingerprint density at radius 2 is 1.88 bits per heavy atom. The van der Waals surface area contributed by atoms with Crippen LogP contribution in [0.3, 0.4) is 0 Å². The predicted molar refractivity (Wildman–Crippen MR) is 101 cm³/mol. The van der Waals surface area contributed by atoms with Crippen LogP contribution in [0.2, 0.25) is 5.15 Å². The van der Waals surface area contributed by atoms with Crippen molar-refractivity contribution in [2.24, 2.45) is 0 Å². The number of carbonyl (C=O) groups is 1. The van der Waals surface area contributed by atoms with Gasteiger partial charge in [-0.05, 0) is 38.5 Å². The van der Waals surface area contributed by atoms with E-state index in [1.807, 2.05) is 51.1 Å². The van der Waals surface area contributed by atoms with E-state index < -0.39 is 6.17 Å². The molecule has 3 heterocycles. The molecule has 0 bridgehead atoms. The van der Waals surface area contributed by atoms with Crippen molar-refractivity contribution in [2.75, 3.05) is 5.32 Å². The number of halogens is 1. The molecule has 1 aromatic carbocycles. The van der Waals surface area contributed by atoms with E-state index in [1.54, 1.807) is 16.0 Å². The summed E-state index contributed by atoms with van der Waals surface area (Å²) in [6.45, 7) is 5.89. The number of carbonyl (C=O) groups excluding carboxylic acids is 1. The second-order valence-corrected chi connectivity index (χ2v) is 7.66. The van der Waals surface area contributed by atoms with Crippen molar-refractivity contribution in [3.05, 3.63) is 62.7 Å². The Kier molecular flexibility index (Phi) is 3.81. The lowest BCUT2D eigenvalue weighted by Gasteiger charge is -2.26. The van der Waals surface area contributed by atoms with Gasteiger partial charge in [-0.3, -0.25) is 4.79 Å². The van der Waals surface area contributed by atoms with Gasteiger partial charge in [0.15, 0.2) is 0 Å². The van der Waals surface area contributed by atoms with Gasteiger partial charge in [0.2, 0.25) is 0 Å². The molecular weight excluding hydrogens is 356 g/mol. The quantitative estimate of drug-likeness (QED) is 0.702. The predicted octanol–water partition coefficient (Wildman–Crippen LogP) is 4.37. The molecule has 7 heteroatoms. The molecule has 0 unspecified atom stereocenters. The third-order valence-electron chi connectivity index (χ3n) is 4.50. The van der Waals surface area contributed by atoms with Gasteiger partial charge in [-0.1, -0.05) is 29.8 Å². The van der Waals surface area contributed by atoms with Gasteiger partial charge in [-0.25, -0.2) is 4.68 Å². The maximum absolute atomic E-state index is 12.6. The molecule has 4 rings (SSSR count). The third-order valence-corrected chi connectivity index (χ3v) is 6.00. The molecule has 1 atom stereocenters. The highest BCUT2D eigenvalue weighted by molar-refractivity contribution is 7.16. The van der Waals surface area contributed by atoms with Gasteiger partial charge in [-0.15, -0.1) is 11.3 Å². The lowest BCUT2D eigenvalue weighted by molar-refractivity contribution is 0.0936. The average molecular weight is 373 g/mol. The Balaban J connectivity index is 1.77. The van der Waals surface area contributed by atoms with E-state index in [9.17, 15) is 4.79 Å². The number of fused-ring (bicyclic) bond motifs is 1. The summed E-state index contributed by atoms with van der Waals surface area (Å²) in [4.78, 5) is 13.7. The van der Waals surface area contributed by atoms with E-state index in [-0.39, 0.29) is 5.91 Å². The van der Waals surface area contributed by atoms with Crippen LogP contribution in [0.25, 0.3) is 5.69 Å². The molecule has 1 aliphatic heterocycles. The fourth-order valence-corrected chi connectivity index (χ4v) is 4.56.